The van der Waals surface area contributed by atoms with Gasteiger partial charge in [0.25, 0.3) is 5.91 Å². The smallest absolute Gasteiger partial charge is 0.293 e. The van der Waals surface area contributed by atoms with Gasteiger partial charge in [-0.3, -0.25) is 4.79 Å². The van der Waals surface area contributed by atoms with Crippen LogP contribution in [0.3, 0.4) is 0 Å². The van der Waals surface area contributed by atoms with Gasteiger partial charge in [0, 0.05) is 30.5 Å². The summed E-state index contributed by atoms with van der Waals surface area (Å²) in [7, 11) is 0. The monoisotopic (exact) mass is 371 g/mol. The van der Waals surface area contributed by atoms with Crippen LogP contribution >= 0.6 is 34.8 Å². The van der Waals surface area contributed by atoms with Crippen molar-refractivity contribution in [1.82, 2.24) is 0 Å². The van der Waals surface area contributed by atoms with Gasteiger partial charge in [0.05, 0.1) is 15.7 Å². The van der Waals surface area contributed by atoms with E-state index in [-0.39, 0.29) is 5.91 Å². The molecule has 1 atom stereocenters. The summed E-state index contributed by atoms with van der Waals surface area (Å²) >= 11 is 18.1. The number of rotatable bonds is 4. The Labute approximate surface area is 151 Å². The second kappa shape index (κ2) is 7.52. The molecule has 0 unspecified atom stereocenters. The molecule has 1 N–H and O–H groups in total. The van der Waals surface area contributed by atoms with Gasteiger partial charge in [-0.2, -0.15) is 4.57 Å². The number of halogens is 3. The summed E-state index contributed by atoms with van der Waals surface area (Å²) < 4.78 is 1.94. The van der Waals surface area contributed by atoms with Crippen LogP contribution in [0.4, 0.5) is 5.69 Å². The SMILES string of the molecule is CCc1ccc(C)[n+]([C@@H](C)C(=O)Nc2c(Cl)cc(Cl)cc2Cl)c1. The van der Waals surface area contributed by atoms with Crippen LogP contribution in [0.2, 0.25) is 15.1 Å². The van der Waals surface area contributed by atoms with Crippen molar-refractivity contribution in [2.24, 2.45) is 0 Å². The van der Waals surface area contributed by atoms with Crippen molar-refractivity contribution in [1.29, 1.82) is 0 Å². The molecule has 1 amide bonds. The van der Waals surface area contributed by atoms with Crippen LogP contribution in [0.1, 0.15) is 31.1 Å². The van der Waals surface area contributed by atoms with E-state index < -0.39 is 6.04 Å². The van der Waals surface area contributed by atoms with Crippen LogP contribution in [0.25, 0.3) is 0 Å². The number of anilines is 1. The fourth-order valence-corrected chi connectivity index (χ4v) is 3.19. The quantitative estimate of drug-likeness (QED) is 0.752. The molecular weight excluding hydrogens is 355 g/mol. The van der Waals surface area contributed by atoms with Gasteiger partial charge in [-0.15, -0.1) is 0 Å². The Balaban J connectivity index is 2.28. The zero-order chi connectivity index (χ0) is 17.1. The molecular formula is C17H18Cl3N2O+. The van der Waals surface area contributed by atoms with E-state index in [2.05, 4.69) is 18.3 Å². The van der Waals surface area contributed by atoms with E-state index in [0.29, 0.717) is 20.8 Å². The summed E-state index contributed by atoms with van der Waals surface area (Å²) in [6, 6.07) is 6.76. The van der Waals surface area contributed by atoms with E-state index in [9.17, 15) is 4.79 Å². The van der Waals surface area contributed by atoms with Crippen molar-refractivity contribution in [2.75, 3.05) is 5.32 Å². The van der Waals surface area contributed by atoms with E-state index >= 15 is 0 Å². The number of benzene rings is 1. The number of pyridine rings is 1. The molecule has 6 heteroatoms. The van der Waals surface area contributed by atoms with E-state index in [1.807, 2.05) is 30.7 Å². The first-order chi connectivity index (χ1) is 10.8. The number of nitrogens with zero attached hydrogens (tertiary/aromatic N) is 1. The number of nitrogens with one attached hydrogen (secondary N) is 1. The molecule has 0 aliphatic heterocycles. The topological polar surface area (TPSA) is 33.0 Å². The van der Waals surface area contributed by atoms with E-state index in [1.54, 1.807) is 12.1 Å². The van der Waals surface area contributed by atoms with E-state index in [4.69, 9.17) is 34.8 Å². The summed E-state index contributed by atoms with van der Waals surface area (Å²) in [5.41, 5.74) is 2.54. The third kappa shape index (κ3) is 4.17. The highest BCUT2D eigenvalue weighted by molar-refractivity contribution is 6.42. The number of hydrogen-bond acceptors (Lipinski definition) is 1. The second-order valence-corrected chi connectivity index (χ2v) is 6.60. The Morgan fingerprint density at radius 3 is 2.39 bits per heavy atom. The minimum atomic E-state index is -0.399. The van der Waals surface area contributed by atoms with Crippen molar-refractivity contribution in [3.05, 3.63) is 56.8 Å². The van der Waals surface area contributed by atoms with Gasteiger partial charge in [-0.1, -0.05) is 41.7 Å². The Morgan fingerprint density at radius 2 is 1.83 bits per heavy atom. The molecule has 0 saturated heterocycles. The minimum Gasteiger partial charge on any atom is -0.318 e. The lowest BCUT2D eigenvalue weighted by atomic mass is 10.1. The molecule has 0 saturated carbocycles. The molecule has 0 fully saturated rings. The number of amides is 1. The predicted octanol–water partition coefficient (Wildman–Crippen LogP) is 5.00. The number of carbonyl (C=O) groups is 1. The molecule has 23 heavy (non-hydrogen) atoms. The highest BCUT2D eigenvalue weighted by atomic mass is 35.5. The summed E-state index contributed by atoms with van der Waals surface area (Å²) in [5, 5.41) is 3.83. The molecule has 3 nitrogen and oxygen atoms in total. The van der Waals surface area contributed by atoms with Gasteiger partial charge < -0.3 is 5.32 Å². The van der Waals surface area contributed by atoms with Crippen molar-refractivity contribution in [2.45, 2.75) is 33.2 Å². The molecule has 0 aliphatic rings. The lowest BCUT2D eigenvalue weighted by molar-refractivity contribution is -0.711. The average Bonchev–Trinajstić information content (AvgIpc) is 2.50. The van der Waals surface area contributed by atoms with Crippen molar-refractivity contribution >= 4 is 46.4 Å². The first-order valence-electron chi connectivity index (χ1n) is 7.29. The first kappa shape index (κ1) is 18.1. The third-order valence-electron chi connectivity index (χ3n) is 3.71. The standard InChI is InChI=1S/C17H17Cl3N2O/c1-4-12-6-5-10(2)22(9-12)11(3)17(23)21-16-14(19)7-13(18)8-15(16)20/h5-9,11H,4H2,1-3H3/p+1/t11-/m0/s1. The average molecular weight is 373 g/mol. The highest BCUT2D eigenvalue weighted by Crippen LogP contribution is 2.33. The molecule has 0 radical (unpaired) electrons. The number of aryl methyl sites for hydroxylation is 2. The summed E-state index contributed by atoms with van der Waals surface area (Å²) in [6.45, 7) is 5.87. The molecule has 1 heterocycles. The Kier molecular flexibility index (Phi) is 5.90. The third-order valence-corrected chi connectivity index (χ3v) is 4.53. The Morgan fingerprint density at radius 1 is 1.22 bits per heavy atom. The van der Waals surface area contributed by atoms with Gasteiger partial charge in [-0.25, -0.2) is 0 Å². The van der Waals surface area contributed by atoms with Gasteiger partial charge in [0.15, 0.2) is 11.9 Å². The molecule has 1 aromatic carbocycles. The largest absolute Gasteiger partial charge is 0.318 e. The maximum atomic E-state index is 12.6. The summed E-state index contributed by atoms with van der Waals surface area (Å²) in [6.07, 6.45) is 2.90. The van der Waals surface area contributed by atoms with E-state index in [0.717, 1.165) is 17.7 Å². The van der Waals surface area contributed by atoms with Crippen LogP contribution < -0.4 is 9.88 Å². The van der Waals surface area contributed by atoms with Crippen molar-refractivity contribution in [3.63, 3.8) is 0 Å². The molecule has 0 bridgehead atoms. The maximum absolute atomic E-state index is 12.6. The van der Waals surface area contributed by atoms with Crippen LogP contribution in [0.5, 0.6) is 0 Å². The molecule has 0 aliphatic carbocycles. The van der Waals surface area contributed by atoms with Crippen molar-refractivity contribution < 1.29 is 9.36 Å². The normalized spacial score (nSPS) is 12.1. The van der Waals surface area contributed by atoms with Crippen molar-refractivity contribution in [3.8, 4) is 0 Å². The molecule has 2 aromatic rings. The van der Waals surface area contributed by atoms with Gasteiger partial charge >= 0.3 is 0 Å². The maximum Gasteiger partial charge on any atom is 0.293 e. The van der Waals surface area contributed by atoms with Crippen LogP contribution in [-0.4, -0.2) is 5.91 Å². The van der Waals surface area contributed by atoms with Gasteiger partial charge in [0.2, 0.25) is 6.04 Å². The Bertz CT molecular complexity index is 724. The lowest BCUT2D eigenvalue weighted by Crippen LogP contribution is -2.47. The molecule has 1 aromatic heterocycles. The van der Waals surface area contributed by atoms with Gasteiger partial charge in [0.1, 0.15) is 0 Å². The van der Waals surface area contributed by atoms with Gasteiger partial charge in [-0.05, 0) is 24.6 Å². The molecule has 0 spiro atoms. The highest BCUT2D eigenvalue weighted by Gasteiger charge is 2.25. The van der Waals surface area contributed by atoms with Crippen LogP contribution in [-0.2, 0) is 11.2 Å². The Hall–Kier alpha value is -1.29. The minimum absolute atomic E-state index is 0.197. The van der Waals surface area contributed by atoms with Crippen LogP contribution in [0, 0.1) is 6.92 Å². The zero-order valence-electron chi connectivity index (χ0n) is 13.2. The molecule has 2 rings (SSSR count). The second-order valence-electron chi connectivity index (χ2n) is 5.35. The van der Waals surface area contributed by atoms with E-state index in [1.165, 1.54) is 0 Å². The zero-order valence-corrected chi connectivity index (χ0v) is 15.4. The predicted molar refractivity (Wildman–Crippen MR) is 95.6 cm³/mol. The lowest BCUT2D eigenvalue weighted by Gasteiger charge is -2.13. The summed E-state index contributed by atoms with van der Waals surface area (Å²) in [4.78, 5) is 12.6. The molecule has 122 valence electrons. The fourth-order valence-electron chi connectivity index (χ4n) is 2.28. The number of carbonyl (C=O) groups excluding carboxylic acids is 1. The number of hydrogen-bond donors (Lipinski definition) is 1. The first-order valence-corrected chi connectivity index (χ1v) is 8.43. The fraction of sp³-hybridized carbons (Fsp3) is 0.294. The van der Waals surface area contributed by atoms with Crippen LogP contribution in [0.15, 0.2) is 30.5 Å². The summed E-state index contributed by atoms with van der Waals surface area (Å²) in [5.74, 6) is -0.197. The number of aromatic nitrogens is 1.